The van der Waals surface area contributed by atoms with E-state index in [0.29, 0.717) is 6.54 Å². The first-order valence-corrected chi connectivity index (χ1v) is 7.24. The SMILES string of the molecule is Cc1ccc(C2=CCN(S(C)(=O)=O)C=C2)cc1. The van der Waals surface area contributed by atoms with Crippen LogP contribution in [-0.4, -0.2) is 25.5 Å². The molecular weight excluding hydrogens is 234 g/mol. The van der Waals surface area contributed by atoms with Gasteiger partial charge in [-0.1, -0.05) is 35.9 Å². The van der Waals surface area contributed by atoms with Crippen LogP contribution in [-0.2, 0) is 10.0 Å². The minimum absolute atomic E-state index is 0.401. The molecule has 4 heteroatoms. The van der Waals surface area contributed by atoms with Gasteiger partial charge in [-0.3, -0.25) is 4.31 Å². The number of rotatable bonds is 2. The standard InChI is InChI=1S/C13H15NO2S/c1-11-3-5-12(6-4-11)13-7-9-14(10-8-13)17(2,15)16/h3-9H,10H2,1-2H3. The van der Waals surface area contributed by atoms with Crippen LogP contribution in [0, 0.1) is 6.92 Å². The number of benzene rings is 1. The summed E-state index contributed by atoms with van der Waals surface area (Å²) >= 11 is 0. The third kappa shape index (κ3) is 2.77. The minimum Gasteiger partial charge on any atom is -0.274 e. The molecule has 0 radical (unpaired) electrons. The zero-order valence-electron chi connectivity index (χ0n) is 9.92. The van der Waals surface area contributed by atoms with Crippen molar-refractivity contribution < 1.29 is 8.42 Å². The Morgan fingerprint density at radius 1 is 1.18 bits per heavy atom. The molecule has 17 heavy (non-hydrogen) atoms. The highest BCUT2D eigenvalue weighted by atomic mass is 32.2. The van der Waals surface area contributed by atoms with E-state index < -0.39 is 10.0 Å². The molecule has 1 aliphatic rings. The lowest BCUT2D eigenvalue weighted by atomic mass is 10.0. The highest BCUT2D eigenvalue weighted by Crippen LogP contribution is 2.20. The van der Waals surface area contributed by atoms with Crippen molar-refractivity contribution in [2.45, 2.75) is 6.92 Å². The molecule has 0 aromatic heterocycles. The van der Waals surface area contributed by atoms with Gasteiger partial charge < -0.3 is 0 Å². The molecule has 0 amide bonds. The van der Waals surface area contributed by atoms with Crippen molar-refractivity contribution in [3.8, 4) is 0 Å². The van der Waals surface area contributed by atoms with Gasteiger partial charge >= 0.3 is 0 Å². The number of nitrogens with zero attached hydrogens (tertiary/aromatic N) is 1. The van der Waals surface area contributed by atoms with Gasteiger partial charge in [-0.05, 0) is 24.1 Å². The summed E-state index contributed by atoms with van der Waals surface area (Å²) in [6, 6.07) is 8.18. The lowest BCUT2D eigenvalue weighted by Gasteiger charge is -2.20. The molecule has 3 nitrogen and oxygen atoms in total. The van der Waals surface area contributed by atoms with Crippen LogP contribution in [0.25, 0.3) is 5.57 Å². The van der Waals surface area contributed by atoms with Crippen LogP contribution in [0.1, 0.15) is 11.1 Å². The topological polar surface area (TPSA) is 37.4 Å². The Morgan fingerprint density at radius 3 is 2.29 bits per heavy atom. The van der Waals surface area contributed by atoms with E-state index in [4.69, 9.17) is 0 Å². The molecule has 0 atom stereocenters. The van der Waals surface area contributed by atoms with E-state index in [1.165, 1.54) is 16.1 Å². The van der Waals surface area contributed by atoms with E-state index in [1.54, 1.807) is 6.20 Å². The first-order chi connectivity index (χ1) is 7.97. The van der Waals surface area contributed by atoms with Crippen molar-refractivity contribution in [1.82, 2.24) is 4.31 Å². The predicted octanol–water partition coefficient (Wildman–Crippen LogP) is 2.17. The number of aryl methyl sites for hydroxylation is 1. The maximum Gasteiger partial charge on any atom is 0.232 e. The second-order valence-corrected chi connectivity index (χ2v) is 6.11. The molecule has 0 saturated carbocycles. The number of hydrogen-bond acceptors (Lipinski definition) is 2. The second-order valence-electron chi connectivity index (χ2n) is 4.17. The zero-order chi connectivity index (χ0) is 12.5. The van der Waals surface area contributed by atoms with Crippen molar-refractivity contribution in [1.29, 1.82) is 0 Å². The van der Waals surface area contributed by atoms with Crippen molar-refractivity contribution in [2.75, 3.05) is 12.8 Å². The summed E-state index contributed by atoms with van der Waals surface area (Å²) in [5, 5.41) is 0. The molecule has 0 unspecified atom stereocenters. The molecule has 1 aromatic carbocycles. The van der Waals surface area contributed by atoms with Gasteiger partial charge in [0.1, 0.15) is 0 Å². The summed E-state index contributed by atoms with van der Waals surface area (Å²) in [6.07, 6.45) is 6.58. The van der Waals surface area contributed by atoms with Crippen molar-refractivity contribution >= 4 is 15.6 Å². The van der Waals surface area contributed by atoms with Gasteiger partial charge in [-0.15, -0.1) is 0 Å². The van der Waals surface area contributed by atoms with Crippen molar-refractivity contribution in [2.24, 2.45) is 0 Å². The van der Waals surface area contributed by atoms with E-state index in [-0.39, 0.29) is 0 Å². The average Bonchev–Trinajstić information content (AvgIpc) is 2.29. The van der Waals surface area contributed by atoms with Gasteiger partial charge in [-0.25, -0.2) is 8.42 Å². The Kier molecular flexibility index (Phi) is 3.07. The smallest absolute Gasteiger partial charge is 0.232 e. The van der Waals surface area contributed by atoms with Crippen LogP contribution in [0.5, 0.6) is 0 Å². The molecule has 0 aliphatic carbocycles. The Morgan fingerprint density at radius 2 is 1.82 bits per heavy atom. The van der Waals surface area contributed by atoms with E-state index in [0.717, 1.165) is 11.1 Å². The fraction of sp³-hybridized carbons (Fsp3) is 0.231. The maximum absolute atomic E-state index is 11.3. The molecule has 1 aromatic rings. The fourth-order valence-corrected chi connectivity index (χ4v) is 2.31. The van der Waals surface area contributed by atoms with Crippen LogP contribution in [0.2, 0.25) is 0 Å². The normalized spacial score (nSPS) is 15.9. The molecule has 1 aliphatic heterocycles. The molecule has 90 valence electrons. The summed E-state index contributed by atoms with van der Waals surface area (Å²) in [7, 11) is -3.14. The average molecular weight is 249 g/mol. The Balaban J connectivity index is 2.20. The fourth-order valence-electron chi connectivity index (χ4n) is 1.69. The molecule has 0 bridgehead atoms. The highest BCUT2D eigenvalue weighted by molar-refractivity contribution is 7.88. The number of sulfonamides is 1. The molecule has 0 fully saturated rings. The number of allylic oxidation sites excluding steroid dienone is 2. The number of hydrogen-bond donors (Lipinski definition) is 0. The van der Waals surface area contributed by atoms with Gasteiger partial charge in [0, 0.05) is 6.20 Å². The Hall–Kier alpha value is -1.55. The molecule has 0 spiro atoms. The van der Waals surface area contributed by atoms with E-state index in [9.17, 15) is 8.42 Å². The minimum atomic E-state index is -3.14. The zero-order valence-corrected chi connectivity index (χ0v) is 10.7. The van der Waals surface area contributed by atoms with E-state index in [2.05, 4.69) is 0 Å². The van der Waals surface area contributed by atoms with Crippen LogP contribution < -0.4 is 0 Å². The van der Waals surface area contributed by atoms with Gasteiger partial charge in [-0.2, -0.15) is 0 Å². The first-order valence-electron chi connectivity index (χ1n) is 5.39. The van der Waals surface area contributed by atoms with Crippen LogP contribution >= 0.6 is 0 Å². The van der Waals surface area contributed by atoms with Gasteiger partial charge in [0.15, 0.2) is 0 Å². The van der Waals surface area contributed by atoms with Gasteiger partial charge in [0.2, 0.25) is 10.0 Å². The van der Waals surface area contributed by atoms with Gasteiger partial charge in [0.05, 0.1) is 12.8 Å². The summed E-state index contributed by atoms with van der Waals surface area (Å²) in [5.41, 5.74) is 3.39. The summed E-state index contributed by atoms with van der Waals surface area (Å²) in [5.74, 6) is 0. The van der Waals surface area contributed by atoms with E-state index >= 15 is 0 Å². The molecule has 0 saturated heterocycles. The Labute approximate surface area is 102 Å². The van der Waals surface area contributed by atoms with Crippen molar-refractivity contribution in [3.05, 3.63) is 53.7 Å². The Bertz CT molecular complexity index is 568. The van der Waals surface area contributed by atoms with Crippen LogP contribution in [0.3, 0.4) is 0 Å². The lowest BCUT2D eigenvalue weighted by molar-refractivity contribution is 0.527. The van der Waals surface area contributed by atoms with Gasteiger partial charge in [0.25, 0.3) is 0 Å². The van der Waals surface area contributed by atoms with Crippen molar-refractivity contribution in [3.63, 3.8) is 0 Å². The monoisotopic (exact) mass is 249 g/mol. The largest absolute Gasteiger partial charge is 0.274 e. The summed E-state index contributed by atoms with van der Waals surface area (Å²) in [4.78, 5) is 0. The summed E-state index contributed by atoms with van der Waals surface area (Å²) < 4.78 is 24.0. The molecule has 1 heterocycles. The molecule has 2 rings (SSSR count). The lowest BCUT2D eigenvalue weighted by Crippen LogP contribution is -2.26. The third-order valence-corrected chi connectivity index (χ3v) is 3.85. The first kappa shape index (κ1) is 11.9. The van der Waals surface area contributed by atoms with Crippen LogP contribution in [0.15, 0.2) is 42.6 Å². The molecular formula is C13H15NO2S. The van der Waals surface area contributed by atoms with Crippen LogP contribution in [0.4, 0.5) is 0 Å². The third-order valence-electron chi connectivity index (χ3n) is 2.72. The van der Waals surface area contributed by atoms with E-state index in [1.807, 2.05) is 43.3 Å². The maximum atomic E-state index is 11.3. The highest BCUT2D eigenvalue weighted by Gasteiger charge is 2.14. The quantitative estimate of drug-likeness (QED) is 0.805. The predicted molar refractivity (Wildman–Crippen MR) is 69.8 cm³/mol. The molecule has 0 N–H and O–H groups in total. The second kappa shape index (κ2) is 4.37. The summed E-state index contributed by atoms with van der Waals surface area (Å²) in [6.45, 7) is 2.44.